The van der Waals surface area contributed by atoms with Gasteiger partial charge in [-0.25, -0.2) is 5.43 Å². The first-order chi connectivity index (χ1) is 14.8. The van der Waals surface area contributed by atoms with Crippen molar-refractivity contribution in [2.45, 2.75) is 6.92 Å². The first-order valence-electron chi connectivity index (χ1n) is 9.13. The Hall–Kier alpha value is -4.53. The van der Waals surface area contributed by atoms with Crippen LogP contribution in [0.1, 0.15) is 31.8 Å². The Morgan fingerprint density at radius 3 is 2.42 bits per heavy atom. The van der Waals surface area contributed by atoms with Crippen LogP contribution in [0.25, 0.3) is 0 Å². The molecule has 31 heavy (non-hydrogen) atoms. The number of rotatable bonds is 6. The second-order valence-corrected chi connectivity index (χ2v) is 6.55. The molecular formula is C22H18N4O5. The Morgan fingerprint density at radius 2 is 1.74 bits per heavy atom. The number of hydrogen-bond acceptors (Lipinski definition) is 6. The molecule has 156 valence electrons. The van der Waals surface area contributed by atoms with Gasteiger partial charge in [0.25, 0.3) is 17.5 Å². The molecule has 0 radical (unpaired) electrons. The molecule has 9 heteroatoms. The Morgan fingerprint density at radius 1 is 1.03 bits per heavy atom. The van der Waals surface area contributed by atoms with Crippen LogP contribution >= 0.6 is 0 Å². The monoisotopic (exact) mass is 418 g/mol. The van der Waals surface area contributed by atoms with Crippen molar-refractivity contribution in [3.8, 4) is 5.75 Å². The average molecular weight is 418 g/mol. The minimum atomic E-state index is -0.602. The van der Waals surface area contributed by atoms with Gasteiger partial charge in [0.15, 0.2) is 0 Å². The third-order valence-corrected chi connectivity index (χ3v) is 4.39. The summed E-state index contributed by atoms with van der Waals surface area (Å²) < 4.78 is 0. The lowest BCUT2D eigenvalue weighted by Gasteiger charge is -2.08. The van der Waals surface area contributed by atoms with E-state index in [9.17, 15) is 24.8 Å². The number of anilines is 1. The van der Waals surface area contributed by atoms with Crippen molar-refractivity contribution in [2.24, 2.45) is 5.10 Å². The zero-order valence-corrected chi connectivity index (χ0v) is 16.4. The largest absolute Gasteiger partial charge is 0.507 e. The van der Waals surface area contributed by atoms with Crippen molar-refractivity contribution < 1.29 is 19.6 Å². The van der Waals surface area contributed by atoms with Gasteiger partial charge in [-0.1, -0.05) is 18.2 Å². The van der Waals surface area contributed by atoms with Crippen molar-refractivity contribution in [1.29, 1.82) is 0 Å². The molecule has 0 saturated carbocycles. The van der Waals surface area contributed by atoms with Crippen LogP contribution in [0.4, 0.5) is 11.4 Å². The van der Waals surface area contributed by atoms with E-state index in [-0.39, 0.29) is 28.5 Å². The van der Waals surface area contributed by atoms with Gasteiger partial charge in [-0.05, 0) is 48.9 Å². The van der Waals surface area contributed by atoms with Crippen LogP contribution in [0.3, 0.4) is 0 Å². The number of nitro groups is 1. The summed E-state index contributed by atoms with van der Waals surface area (Å²) in [5, 5.41) is 27.0. The molecule has 0 saturated heterocycles. The highest BCUT2D eigenvalue weighted by Gasteiger charge is 2.11. The molecule has 0 fully saturated rings. The average Bonchev–Trinajstić information content (AvgIpc) is 2.75. The molecule has 0 aliphatic rings. The van der Waals surface area contributed by atoms with E-state index in [0.29, 0.717) is 11.3 Å². The minimum Gasteiger partial charge on any atom is -0.507 e. The first-order valence-corrected chi connectivity index (χ1v) is 9.13. The van der Waals surface area contributed by atoms with Crippen LogP contribution in [0.5, 0.6) is 5.75 Å². The van der Waals surface area contributed by atoms with Crippen molar-refractivity contribution >= 4 is 29.4 Å². The van der Waals surface area contributed by atoms with Gasteiger partial charge in [0, 0.05) is 34.5 Å². The number of non-ortho nitro benzene ring substituents is 1. The van der Waals surface area contributed by atoms with Gasteiger partial charge in [-0.3, -0.25) is 19.7 Å². The van der Waals surface area contributed by atoms with Crippen LogP contribution in [-0.2, 0) is 0 Å². The predicted molar refractivity (Wildman–Crippen MR) is 115 cm³/mol. The number of nitro benzene ring substituents is 1. The molecule has 0 spiro atoms. The molecule has 3 aromatic carbocycles. The second kappa shape index (κ2) is 9.31. The van der Waals surface area contributed by atoms with Crippen LogP contribution in [0.15, 0.2) is 71.8 Å². The summed E-state index contributed by atoms with van der Waals surface area (Å²) in [6, 6.07) is 16.9. The van der Waals surface area contributed by atoms with Gasteiger partial charge in [0.05, 0.1) is 11.1 Å². The van der Waals surface area contributed by atoms with Crippen molar-refractivity contribution in [3.05, 3.63) is 99.1 Å². The molecule has 3 rings (SSSR count). The van der Waals surface area contributed by atoms with Crippen molar-refractivity contribution in [3.63, 3.8) is 0 Å². The SMILES string of the molecule is Cc1ccccc1C(=O)Nc1ccc(C(=O)N/N=C/c2cc([N+](=O)[O-])ccc2O)cc1. The lowest BCUT2D eigenvalue weighted by atomic mass is 10.1. The molecule has 3 N–H and O–H groups in total. The van der Waals surface area contributed by atoms with Crippen LogP contribution in [-0.4, -0.2) is 28.1 Å². The topological polar surface area (TPSA) is 134 Å². The summed E-state index contributed by atoms with van der Waals surface area (Å²) >= 11 is 0. The lowest BCUT2D eigenvalue weighted by molar-refractivity contribution is -0.384. The van der Waals surface area contributed by atoms with Gasteiger partial charge in [0.2, 0.25) is 0 Å². The molecule has 0 unspecified atom stereocenters. The number of carbonyl (C=O) groups excluding carboxylic acids is 2. The number of nitrogens with zero attached hydrogens (tertiary/aromatic N) is 2. The highest BCUT2D eigenvalue weighted by atomic mass is 16.6. The number of hydrogen-bond donors (Lipinski definition) is 3. The number of nitrogens with one attached hydrogen (secondary N) is 2. The minimum absolute atomic E-state index is 0.0868. The van der Waals surface area contributed by atoms with E-state index in [0.717, 1.165) is 23.9 Å². The van der Waals surface area contributed by atoms with Crippen molar-refractivity contribution in [2.75, 3.05) is 5.32 Å². The maximum atomic E-state index is 12.4. The van der Waals surface area contributed by atoms with Gasteiger partial charge in [0.1, 0.15) is 5.75 Å². The van der Waals surface area contributed by atoms with Gasteiger partial charge < -0.3 is 10.4 Å². The first kappa shape index (κ1) is 21.2. The number of phenolic OH excluding ortho intramolecular Hbond substituents is 1. The van der Waals surface area contributed by atoms with E-state index < -0.39 is 10.8 Å². The summed E-state index contributed by atoms with van der Waals surface area (Å²) in [7, 11) is 0. The highest BCUT2D eigenvalue weighted by molar-refractivity contribution is 6.05. The summed E-state index contributed by atoms with van der Waals surface area (Å²) in [5.74, 6) is -0.994. The van der Waals surface area contributed by atoms with Gasteiger partial charge in [-0.15, -0.1) is 0 Å². The maximum absolute atomic E-state index is 12.4. The molecule has 0 heterocycles. The lowest BCUT2D eigenvalue weighted by Crippen LogP contribution is -2.18. The Kier molecular flexibility index (Phi) is 6.36. The normalized spacial score (nSPS) is 10.6. The van der Waals surface area contributed by atoms with E-state index in [1.54, 1.807) is 24.3 Å². The summed E-state index contributed by atoms with van der Waals surface area (Å²) in [6.45, 7) is 1.84. The molecule has 3 aromatic rings. The Labute approximate surface area is 177 Å². The number of hydrazone groups is 1. The molecule has 9 nitrogen and oxygen atoms in total. The number of aromatic hydroxyl groups is 1. The van der Waals surface area contributed by atoms with Crippen LogP contribution < -0.4 is 10.7 Å². The predicted octanol–water partition coefficient (Wildman–Crippen LogP) is 3.63. The zero-order valence-electron chi connectivity index (χ0n) is 16.4. The van der Waals surface area contributed by atoms with Crippen molar-refractivity contribution in [1.82, 2.24) is 5.43 Å². The molecule has 0 bridgehead atoms. The maximum Gasteiger partial charge on any atom is 0.271 e. The summed E-state index contributed by atoms with van der Waals surface area (Å²) in [5.41, 5.74) is 4.37. The van der Waals surface area contributed by atoms with E-state index in [1.165, 1.54) is 18.2 Å². The number of aryl methyl sites for hydroxylation is 1. The quantitative estimate of drug-likeness (QED) is 0.319. The Balaban J connectivity index is 1.62. The number of phenols is 1. The fourth-order valence-electron chi connectivity index (χ4n) is 2.71. The van der Waals surface area contributed by atoms with Gasteiger partial charge in [-0.2, -0.15) is 5.10 Å². The fourth-order valence-corrected chi connectivity index (χ4v) is 2.71. The summed E-state index contributed by atoms with van der Waals surface area (Å²) in [6.07, 6.45) is 1.11. The van der Waals surface area contributed by atoms with E-state index in [1.807, 2.05) is 19.1 Å². The van der Waals surface area contributed by atoms with E-state index >= 15 is 0 Å². The molecular weight excluding hydrogens is 400 g/mol. The van der Waals surface area contributed by atoms with Gasteiger partial charge >= 0.3 is 0 Å². The van der Waals surface area contributed by atoms with E-state index in [2.05, 4.69) is 15.8 Å². The third kappa shape index (κ3) is 5.30. The molecule has 2 amide bonds. The number of benzene rings is 3. The number of amides is 2. The highest BCUT2D eigenvalue weighted by Crippen LogP contribution is 2.21. The van der Waals surface area contributed by atoms with E-state index in [4.69, 9.17) is 0 Å². The van der Waals surface area contributed by atoms with Crippen LogP contribution in [0.2, 0.25) is 0 Å². The Bertz CT molecular complexity index is 1170. The molecule has 0 aliphatic carbocycles. The fraction of sp³-hybridized carbons (Fsp3) is 0.0455. The molecule has 0 atom stereocenters. The summed E-state index contributed by atoms with van der Waals surface area (Å²) in [4.78, 5) is 34.8. The van der Waals surface area contributed by atoms with Crippen LogP contribution in [0, 0.1) is 17.0 Å². The zero-order chi connectivity index (χ0) is 22.4. The molecule has 0 aliphatic heterocycles. The number of carbonyl (C=O) groups is 2. The second-order valence-electron chi connectivity index (χ2n) is 6.55. The smallest absolute Gasteiger partial charge is 0.271 e. The standard InChI is InChI=1S/C22H18N4O5/c1-14-4-2-3-5-19(14)22(29)24-17-8-6-15(7-9-17)21(28)25-23-13-16-12-18(26(30)31)10-11-20(16)27/h2-13,27H,1H3,(H,24,29)(H,25,28)/b23-13+. The molecule has 0 aromatic heterocycles. The third-order valence-electron chi connectivity index (χ3n) is 4.39.